The molecule has 3 N–H and O–H groups in total. The molecule has 1 aromatic heterocycles. The lowest BCUT2D eigenvalue weighted by atomic mass is 10.1. The van der Waals surface area contributed by atoms with Crippen LogP contribution in [0.4, 0.5) is 13.2 Å². The highest BCUT2D eigenvalue weighted by atomic mass is 19.4. The Bertz CT molecular complexity index is 1090. The van der Waals surface area contributed by atoms with Gasteiger partial charge in [0.05, 0.1) is 16.8 Å². The van der Waals surface area contributed by atoms with Crippen LogP contribution in [0.1, 0.15) is 42.3 Å². The van der Waals surface area contributed by atoms with Crippen LogP contribution in [-0.2, 0) is 6.18 Å². The van der Waals surface area contributed by atoms with Gasteiger partial charge in [0.15, 0.2) is 5.69 Å². The van der Waals surface area contributed by atoms with Gasteiger partial charge in [0, 0.05) is 6.20 Å². The quantitative estimate of drug-likeness (QED) is 0.564. The summed E-state index contributed by atoms with van der Waals surface area (Å²) in [7, 11) is 0. The third-order valence-electron chi connectivity index (χ3n) is 3.81. The maximum atomic E-state index is 12.6. The van der Waals surface area contributed by atoms with Crippen molar-refractivity contribution in [1.29, 1.82) is 0 Å². The van der Waals surface area contributed by atoms with Gasteiger partial charge in [0.1, 0.15) is 5.56 Å². The molecule has 2 aromatic carbocycles. The molecule has 0 aliphatic carbocycles. The first kappa shape index (κ1) is 23.1. The van der Waals surface area contributed by atoms with Crippen molar-refractivity contribution < 1.29 is 42.9 Å². The molecular formula is C20H15F3N2O6. The second-order valence-electron chi connectivity index (χ2n) is 6.17. The van der Waals surface area contributed by atoms with Gasteiger partial charge < -0.3 is 15.3 Å². The number of benzene rings is 2. The van der Waals surface area contributed by atoms with Crippen molar-refractivity contribution in [2.75, 3.05) is 0 Å². The Labute approximate surface area is 172 Å². The monoisotopic (exact) mass is 436 g/mol. The molecule has 0 aliphatic rings. The topological polar surface area (TPSA) is 130 Å². The molecule has 0 bridgehead atoms. The minimum Gasteiger partial charge on any atom is -0.478 e. The Hall–Kier alpha value is -4.15. The van der Waals surface area contributed by atoms with E-state index in [4.69, 9.17) is 15.3 Å². The van der Waals surface area contributed by atoms with Crippen molar-refractivity contribution in [3.63, 3.8) is 0 Å². The van der Waals surface area contributed by atoms with E-state index in [1.165, 1.54) is 24.3 Å². The van der Waals surface area contributed by atoms with Crippen LogP contribution in [0.15, 0.2) is 54.7 Å². The van der Waals surface area contributed by atoms with Crippen LogP contribution in [0.3, 0.4) is 0 Å². The van der Waals surface area contributed by atoms with E-state index in [1.807, 2.05) is 0 Å². The number of aromatic nitrogens is 2. The number of carbonyl (C=O) groups is 3. The third kappa shape index (κ3) is 5.92. The number of nitrogens with zero attached hydrogens (tertiary/aromatic N) is 2. The van der Waals surface area contributed by atoms with E-state index in [9.17, 15) is 27.6 Å². The molecule has 3 rings (SSSR count). The zero-order chi connectivity index (χ0) is 23.3. The van der Waals surface area contributed by atoms with Crippen molar-refractivity contribution in [2.24, 2.45) is 0 Å². The fourth-order valence-corrected chi connectivity index (χ4v) is 2.48. The molecule has 31 heavy (non-hydrogen) atoms. The number of aromatic carboxylic acids is 3. The minimum atomic E-state index is -4.80. The van der Waals surface area contributed by atoms with Crippen LogP contribution in [0.5, 0.6) is 0 Å². The first-order valence-corrected chi connectivity index (χ1v) is 8.44. The van der Waals surface area contributed by atoms with Crippen molar-refractivity contribution in [3.05, 3.63) is 82.7 Å². The summed E-state index contributed by atoms with van der Waals surface area (Å²) in [6.45, 7) is 1.65. The predicted octanol–water partition coefficient (Wildman–Crippen LogP) is 3.98. The normalized spacial score (nSPS) is 10.7. The van der Waals surface area contributed by atoms with Crippen LogP contribution >= 0.6 is 0 Å². The second-order valence-corrected chi connectivity index (χ2v) is 6.17. The zero-order valence-electron chi connectivity index (χ0n) is 15.8. The summed E-state index contributed by atoms with van der Waals surface area (Å²) < 4.78 is 38.7. The molecule has 0 fully saturated rings. The Balaban J connectivity index is 0.000000233. The van der Waals surface area contributed by atoms with Crippen molar-refractivity contribution in [2.45, 2.75) is 13.1 Å². The number of halogens is 3. The molecule has 0 unspecified atom stereocenters. The van der Waals surface area contributed by atoms with E-state index >= 15 is 0 Å². The highest BCUT2D eigenvalue weighted by Crippen LogP contribution is 2.31. The molecule has 0 radical (unpaired) electrons. The molecule has 8 nitrogen and oxygen atoms in total. The van der Waals surface area contributed by atoms with Crippen LogP contribution in [0.2, 0.25) is 0 Å². The first-order chi connectivity index (χ1) is 14.4. The second kappa shape index (κ2) is 9.11. The Kier molecular flexibility index (Phi) is 6.80. The molecule has 0 atom stereocenters. The minimum absolute atomic E-state index is 0.00241. The number of hydrogen-bond donors (Lipinski definition) is 3. The van der Waals surface area contributed by atoms with Gasteiger partial charge >= 0.3 is 24.1 Å². The first-order valence-electron chi connectivity index (χ1n) is 8.44. The van der Waals surface area contributed by atoms with E-state index in [1.54, 1.807) is 25.1 Å². The highest BCUT2D eigenvalue weighted by molar-refractivity contribution is 5.94. The van der Waals surface area contributed by atoms with Crippen LogP contribution < -0.4 is 0 Å². The lowest BCUT2D eigenvalue weighted by molar-refractivity contribution is -0.141. The average Bonchev–Trinajstić information content (AvgIpc) is 3.15. The molecule has 0 saturated heterocycles. The summed E-state index contributed by atoms with van der Waals surface area (Å²) in [5.41, 5.74) is -1.30. The Morgan fingerprint density at radius 3 is 1.77 bits per heavy atom. The molecule has 0 amide bonds. The molecule has 0 saturated carbocycles. The molecule has 162 valence electrons. The number of hydrogen-bond acceptors (Lipinski definition) is 4. The fraction of sp³-hybridized carbons (Fsp3) is 0.100. The largest absolute Gasteiger partial charge is 0.478 e. The zero-order valence-corrected chi connectivity index (χ0v) is 15.8. The summed E-state index contributed by atoms with van der Waals surface area (Å²) in [4.78, 5) is 31.8. The number of alkyl halides is 3. The van der Waals surface area contributed by atoms with Crippen LogP contribution in [0.25, 0.3) is 5.69 Å². The molecule has 3 aromatic rings. The van der Waals surface area contributed by atoms with E-state index in [2.05, 4.69) is 5.10 Å². The molecule has 0 spiro atoms. The van der Waals surface area contributed by atoms with Gasteiger partial charge in [-0.3, -0.25) is 0 Å². The Morgan fingerprint density at radius 2 is 1.39 bits per heavy atom. The maximum Gasteiger partial charge on any atom is 0.436 e. The van der Waals surface area contributed by atoms with Gasteiger partial charge in [-0.05, 0) is 42.8 Å². The van der Waals surface area contributed by atoms with Crippen molar-refractivity contribution in [1.82, 2.24) is 9.78 Å². The lowest BCUT2D eigenvalue weighted by Crippen LogP contribution is -2.12. The van der Waals surface area contributed by atoms with Gasteiger partial charge in [0.2, 0.25) is 0 Å². The molecule has 11 heteroatoms. The number of para-hydroxylation sites is 1. The summed E-state index contributed by atoms with van der Waals surface area (Å²) in [6.07, 6.45) is -3.95. The number of carboxylic acids is 3. The van der Waals surface area contributed by atoms with Gasteiger partial charge in [-0.2, -0.15) is 18.3 Å². The van der Waals surface area contributed by atoms with E-state index in [0.717, 1.165) is 16.9 Å². The average molecular weight is 436 g/mol. The summed E-state index contributed by atoms with van der Waals surface area (Å²) in [6, 6.07) is 12.0. The SMILES string of the molecule is Cc1cc(C(=O)O)cc(C(=O)O)c1.O=C(O)c1cn(-c2ccccc2)nc1C(F)(F)F. The lowest BCUT2D eigenvalue weighted by Gasteiger charge is -2.03. The van der Waals surface area contributed by atoms with Crippen LogP contribution in [-0.4, -0.2) is 43.0 Å². The summed E-state index contributed by atoms with van der Waals surface area (Å²) >= 11 is 0. The number of aryl methyl sites for hydroxylation is 1. The number of rotatable bonds is 4. The van der Waals surface area contributed by atoms with Gasteiger partial charge in [-0.25, -0.2) is 19.1 Å². The van der Waals surface area contributed by atoms with Crippen molar-refractivity contribution >= 4 is 17.9 Å². The molecular weight excluding hydrogens is 421 g/mol. The van der Waals surface area contributed by atoms with Crippen molar-refractivity contribution in [3.8, 4) is 5.69 Å². The van der Waals surface area contributed by atoms with Gasteiger partial charge in [-0.1, -0.05) is 18.2 Å². The summed E-state index contributed by atoms with van der Waals surface area (Å²) in [5.74, 6) is -3.90. The van der Waals surface area contributed by atoms with E-state index in [0.29, 0.717) is 11.3 Å². The molecule has 1 heterocycles. The molecule has 0 aliphatic heterocycles. The standard InChI is InChI=1S/C11H7F3N2O2.C9H8O4/c12-11(13,14)9-8(10(17)18)6-16(15-9)7-4-2-1-3-5-7;1-5-2-6(8(10)11)4-7(3-5)9(12)13/h1-6H,(H,17,18);2-4H,1H3,(H,10,11)(H,12,13). The van der Waals surface area contributed by atoms with Gasteiger partial charge in [0.25, 0.3) is 0 Å². The van der Waals surface area contributed by atoms with Gasteiger partial charge in [-0.15, -0.1) is 0 Å². The smallest absolute Gasteiger partial charge is 0.436 e. The van der Waals surface area contributed by atoms with E-state index < -0.39 is 35.3 Å². The Morgan fingerprint density at radius 1 is 0.871 bits per heavy atom. The third-order valence-corrected chi connectivity index (χ3v) is 3.81. The maximum absolute atomic E-state index is 12.6. The fourth-order valence-electron chi connectivity index (χ4n) is 2.48. The van der Waals surface area contributed by atoms with E-state index in [-0.39, 0.29) is 11.1 Å². The highest BCUT2D eigenvalue weighted by Gasteiger charge is 2.39. The summed E-state index contributed by atoms with van der Waals surface area (Å²) in [5, 5.41) is 29.3. The van der Waals surface area contributed by atoms with Crippen LogP contribution in [0, 0.1) is 6.92 Å². The predicted molar refractivity (Wildman–Crippen MR) is 101 cm³/mol. The number of carboxylic acid groups (broad SMARTS) is 3.